The molecule has 0 aliphatic heterocycles. The molecule has 0 aromatic carbocycles. The number of aromatic nitrogens is 3. The number of H-pyrrole nitrogens is 1. The van der Waals surface area contributed by atoms with Gasteiger partial charge in [-0.2, -0.15) is 21.6 Å². The van der Waals surface area contributed by atoms with Gasteiger partial charge >= 0.3 is 21.6 Å². The van der Waals surface area contributed by atoms with Crippen molar-refractivity contribution in [3.05, 3.63) is 28.4 Å². The Morgan fingerprint density at radius 1 is 1.36 bits per heavy atom. The first kappa shape index (κ1) is 15.7. The highest BCUT2D eigenvalue weighted by atomic mass is 32.2. The highest BCUT2D eigenvalue weighted by Gasteiger charge is 2.49. The van der Waals surface area contributed by atoms with Crippen molar-refractivity contribution in [2.75, 3.05) is 0 Å². The number of carboxylic acid groups (broad SMARTS) is 1. The van der Waals surface area contributed by atoms with E-state index in [0.29, 0.717) is 0 Å². The molecule has 0 amide bonds. The van der Waals surface area contributed by atoms with Crippen LogP contribution >= 0.6 is 0 Å². The van der Waals surface area contributed by atoms with Gasteiger partial charge in [-0.1, -0.05) is 0 Å². The molecule has 2 N–H and O–H groups in total. The molecule has 22 heavy (non-hydrogen) atoms. The highest BCUT2D eigenvalue weighted by Crippen LogP contribution is 2.31. The van der Waals surface area contributed by atoms with Crippen molar-refractivity contribution in [2.45, 2.75) is 5.51 Å². The van der Waals surface area contributed by atoms with Crippen molar-refractivity contribution in [3.63, 3.8) is 0 Å². The van der Waals surface area contributed by atoms with Gasteiger partial charge in [0.1, 0.15) is 12.0 Å². The van der Waals surface area contributed by atoms with Crippen LogP contribution in [0.4, 0.5) is 13.2 Å². The fraction of sp³-hybridized carbons (Fsp3) is 0.111. The van der Waals surface area contributed by atoms with Crippen LogP contribution in [-0.2, 0) is 10.1 Å². The van der Waals surface area contributed by atoms with Gasteiger partial charge in [0.05, 0.1) is 5.39 Å². The molecule has 0 saturated heterocycles. The molecule has 2 heterocycles. The third-order valence-electron chi connectivity index (χ3n) is 2.33. The van der Waals surface area contributed by atoms with Crippen LogP contribution in [0.1, 0.15) is 10.4 Å². The molecule has 0 saturated carbocycles. The number of halogens is 3. The Bertz CT molecular complexity index is 920. The summed E-state index contributed by atoms with van der Waals surface area (Å²) in [5.74, 6) is -3.30. The number of fused-ring (bicyclic) bond motifs is 1. The maximum atomic E-state index is 12.4. The summed E-state index contributed by atoms with van der Waals surface area (Å²) in [7, 11) is -6.19. The SMILES string of the molecule is O=C(O)c1c(OS(=O)(=O)C(F)(F)F)c2cncnc2[nH]c1=O. The second-order valence-electron chi connectivity index (χ2n) is 3.73. The number of nitrogens with zero attached hydrogens (tertiary/aromatic N) is 2. The summed E-state index contributed by atoms with van der Waals surface area (Å²) >= 11 is 0. The molecular formula is C9H4F3N3O6S. The van der Waals surface area contributed by atoms with Crippen LogP contribution in [0, 0.1) is 0 Å². The lowest BCUT2D eigenvalue weighted by Gasteiger charge is -2.12. The molecule has 13 heteroatoms. The zero-order valence-electron chi connectivity index (χ0n) is 10.1. The van der Waals surface area contributed by atoms with Gasteiger partial charge in [-0.15, -0.1) is 0 Å². The molecule has 0 bridgehead atoms. The zero-order chi connectivity index (χ0) is 16.7. The van der Waals surface area contributed by atoms with Crippen molar-refractivity contribution >= 4 is 27.1 Å². The van der Waals surface area contributed by atoms with Crippen LogP contribution in [0.25, 0.3) is 11.0 Å². The van der Waals surface area contributed by atoms with Crippen molar-refractivity contribution in [1.29, 1.82) is 0 Å². The van der Waals surface area contributed by atoms with Gasteiger partial charge in [0.2, 0.25) is 0 Å². The molecule has 2 aromatic heterocycles. The molecule has 0 unspecified atom stereocenters. The number of carboxylic acids is 1. The normalized spacial score (nSPS) is 12.3. The Kier molecular flexibility index (Phi) is 3.52. The molecule has 0 radical (unpaired) electrons. The van der Waals surface area contributed by atoms with E-state index in [2.05, 4.69) is 14.2 Å². The molecule has 0 aliphatic rings. The summed E-state index contributed by atoms with van der Waals surface area (Å²) in [6, 6.07) is 0. The Balaban J connectivity index is 2.84. The van der Waals surface area contributed by atoms with Crippen LogP contribution < -0.4 is 9.74 Å². The van der Waals surface area contributed by atoms with Crippen molar-refractivity contribution in [3.8, 4) is 5.75 Å². The van der Waals surface area contributed by atoms with Gasteiger partial charge in [-0.3, -0.25) is 4.79 Å². The van der Waals surface area contributed by atoms with E-state index in [-0.39, 0.29) is 0 Å². The largest absolute Gasteiger partial charge is 0.534 e. The molecule has 0 spiro atoms. The van der Waals surface area contributed by atoms with Crippen LogP contribution in [0.3, 0.4) is 0 Å². The summed E-state index contributed by atoms with van der Waals surface area (Å²) in [5.41, 5.74) is -8.91. The maximum Gasteiger partial charge on any atom is 0.534 e. The number of hydrogen-bond donors (Lipinski definition) is 2. The van der Waals surface area contributed by atoms with E-state index < -0.39 is 49.5 Å². The number of aromatic carboxylic acids is 1. The number of carbonyl (C=O) groups is 1. The van der Waals surface area contributed by atoms with Crippen LogP contribution in [0.15, 0.2) is 17.3 Å². The predicted molar refractivity (Wildman–Crippen MR) is 62.7 cm³/mol. The average Bonchev–Trinajstić information content (AvgIpc) is 2.36. The maximum absolute atomic E-state index is 12.4. The Labute approximate surface area is 118 Å². The Morgan fingerprint density at radius 2 is 2.00 bits per heavy atom. The Morgan fingerprint density at radius 3 is 2.55 bits per heavy atom. The van der Waals surface area contributed by atoms with E-state index in [1.54, 1.807) is 0 Å². The molecule has 2 rings (SSSR count). The predicted octanol–water partition coefficient (Wildman–Crippen LogP) is 0.245. The molecular weight excluding hydrogens is 335 g/mol. The number of aromatic amines is 1. The molecule has 2 aromatic rings. The first-order chi connectivity index (χ1) is 10.0. The van der Waals surface area contributed by atoms with Gasteiger partial charge in [-0.25, -0.2) is 14.8 Å². The van der Waals surface area contributed by atoms with E-state index in [1.165, 1.54) is 0 Å². The minimum atomic E-state index is -6.19. The highest BCUT2D eigenvalue weighted by molar-refractivity contribution is 7.88. The van der Waals surface area contributed by atoms with E-state index >= 15 is 0 Å². The van der Waals surface area contributed by atoms with E-state index in [9.17, 15) is 31.2 Å². The summed E-state index contributed by atoms with van der Waals surface area (Å²) in [5, 5.41) is 8.37. The zero-order valence-corrected chi connectivity index (χ0v) is 10.9. The smallest absolute Gasteiger partial charge is 0.477 e. The van der Waals surface area contributed by atoms with E-state index in [4.69, 9.17) is 5.11 Å². The molecule has 118 valence electrons. The summed E-state index contributed by atoms with van der Waals surface area (Å²) in [4.78, 5) is 31.4. The monoisotopic (exact) mass is 339 g/mol. The Hall–Kier alpha value is -2.70. The second kappa shape index (κ2) is 4.94. The van der Waals surface area contributed by atoms with Crippen LogP contribution in [-0.4, -0.2) is 40.0 Å². The number of nitrogens with one attached hydrogen (secondary N) is 1. The molecule has 0 atom stereocenters. The van der Waals surface area contributed by atoms with Gasteiger partial charge in [0.25, 0.3) is 5.56 Å². The molecule has 9 nitrogen and oxygen atoms in total. The minimum absolute atomic E-state index is 0.391. The third kappa shape index (κ3) is 2.57. The summed E-state index contributed by atoms with van der Waals surface area (Å²) in [6.45, 7) is 0. The lowest BCUT2D eigenvalue weighted by atomic mass is 10.2. The fourth-order valence-electron chi connectivity index (χ4n) is 1.44. The van der Waals surface area contributed by atoms with Gasteiger partial charge in [0.15, 0.2) is 11.3 Å². The fourth-order valence-corrected chi connectivity index (χ4v) is 1.93. The quantitative estimate of drug-likeness (QED) is 0.599. The van der Waals surface area contributed by atoms with Crippen molar-refractivity contribution < 1.29 is 35.7 Å². The number of alkyl halides is 3. The number of pyridine rings is 1. The lowest BCUT2D eigenvalue weighted by Crippen LogP contribution is -2.30. The van der Waals surface area contributed by atoms with Crippen LogP contribution in [0.5, 0.6) is 5.75 Å². The second-order valence-corrected chi connectivity index (χ2v) is 5.27. The standard InChI is InChI=1S/C9H4F3N3O6S/c10-9(11,12)22(19,20)21-5-3-1-13-2-14-6(3)15-7(16)4(5)8(17)18/h1-2H,(H,17,18)(H,13,14,15,16). The van der Waals surface area contributed by atoms with E-state index in [0.717, 1.165) is 12.5 Å². The molecule has 0 aliphatic carbocycles. The van der Waals surface area contributed by atoms with Crippen molar-refractivity contribution in [2.24, 2.45) is 0 Å². The number of rotatable bonds is 3. The van der Waals surface area contributed by atoms with Crippen molar-refractivity contribution in [1.82, 2.24) is 15.0 Å². The summed E-state index contributed by atoms with van der Waals surface area (Å²) in [6.07, 6.45) is 1.70. The van der Waals surface area contributed by atoms with E-state index in [1.807, 2.05) is 4.98 Å². The van der Waals surface area contributed by atoms with Crippen LogP contribution in [0.2, 0.25) is 0 Å². The average molecular weight is 339 g/mol. The summed E-state index contributed by atoms with van der Waals surface area (Å²) < 4.78 is 63.1. The molecule has 0 fully saturated rings. The van der Waals surface area contributed by atoms with Gasteiger partial charge in [0, 0.05) is 6.20 Å². The first-order valence-corrected chi connectivity index (χ1v) is 6.55. The van der Waals surface area contributed by atoms with Gasteiger partial charge in [-0.05, 0) is 0 Å². The topological polar surface area (TPSA) is 139 Å². The minimum Gasteiger partial charge on any atom is -0.477 e. The van der Waals surface area contributed by atoms with Gasteiger partial charge < -0.3 is 14.3 Å². The lowest BCUT2D eigenvalue weighted by molar-refractivity contribution is -0.0500. The number of hydrogen-bond acceptors (Lipinski definition) is 7. The third-order valence-corrected chi connectivity index (χ3v) is 3.29. The first-order valence-electron chi connectivity index (χ1n) is 5.14.